The molecule has 0 aliphatic rings. The second-order valence-electron chi connectivity index (χ2n) is 3.94. The molecule has 0 radical (unpaired) electrons. The molecule has 0 saturated heterocycles. The Labute approximate surface area is 109 Å². The van der Waals surface area contributed by atoms with Gasteiger partial charge >= 0.3 is 12.4 Å². The van der Waals surface area contributed by atoms with Gasteiger partial charge in [-0.1, -0.05) is 18.2 Å². The Bertz CT molecular complexity index is 431. The Morgan fingerprint density at radius 3 is 2.00 bits per heavy atom. The topological polar surface area (TPSA) is 55.5 Å². The van der Waals surface area contributed by atoms with Crippen LogP contribution in [-0.2, 0) is 4.74 Å². The van der Waals surface area contributed by atoms with Crippen molar-refractivity contribution in [3.05, 3.63) is 29.8 Å². The largest absolute Gasteiger partial charge is 0.423 e. The van der Waals surface area contributed by atoms with Crippen LogP contribution in [0.5, 0.6) is 0 Å². The van der Waals surface area contributed by atoms with Crippen molar-refractivity contribution >= 4 is 5.69 Å². The maximum absolute atomic E-state index is 12.2. The summed E-state index contributed by atoms with van der Waals surface area (Å²) in [7, 11) is 0. The SMILES string of the molecule is Nc1ccccc1C(O)COC(C(F)(F)F)C(F)(F)F. The quantitative estimate of drug-likeness (QED) is 0.664. The third-order valence-corrected chi connectivity index (χ3v) is 2.37. The summed E-state index contributed by atoms with van der Waals surface area (Å²) in [6, 6.07) is 5.56. The van der Waals surface area contributed by atoms with Gasteiger partial charge < -0.3 is 15.6 Å². The van der Waals surface area contributed by atoms with Gasteiger partial charge in [0, 0.05) is 11.3 Å². The predicted molar refractivity (Wildman–Crippen MR) is 57.7 cm³/mol. The molecule has 3 nitrogen and oxygen atoms in total. The Hall–Kier alpha value is -1.48. The lowest BCUT2D eigenvalue weighted by molar-refractivity contribution is -0.324. The summed E-state index contributed by atoms with van der Waals surface area (Å²) >= 11 is 0. The molecule has 0 aliphatic carbocycles. The molecule has 0 aliphatic heterocycles. The summed E-state index contributed by atoms with van der Waals surface area (Å²) in [4.78, 5) is 0. The van der Waals surface area contributed by atoms with Crippen molar-refractivity contribution in [2.45, 2.75) is 24.6 Å². The van der Waals surface area contributed by atoms with Crippen molar-refractivity contribution in [2.24, 2.45) is 0 Å². The Morgan fingerprint density at radius 1 is 1.05 bits per heavy atom. The molecular weight excluding hydrogens is 292 g/mol. The van der Waals surface area contributed by atoms with E-state index in [2.05, 4.69) is 4.74 Å². The lowest BCUT2D eigenvalue weighted by atomic mass is 10.1. The zero-order valence-electron chi connectivity index (χ0n) is 9.87. The average molecular weight is 303 g/mol. The van der Waals surface area contributed by atoms with E-state index in [0.29, 0.717) is 0 Å². The van der Waals surface area contributed by atoms with E-state index in [1.165, 1.54) is 24.3 Å². The van der Waals surface area contributed by atoms with Crippen LogP contribution in [0.25, 0.3) is 0 Å². The molecule has 1 rings (SSSR count). The highest BCUT2D eigenvalue weighted by Gasteiger charge is 2.58. The van der Waals surface area contributed by atoms with Gasteiger partial charge in [-0.2, -0.15) is 26.3 Å². The fourth-order valence-electron chi connectivity index (χ4n) is 1.47. The van der Waals surface area contributed by atoms with E-state index in [1.54, 1.807) is 0 Å². The second kappa shape index (κ2) is 5.88. The first-order valence-electron chi connectivity index (χ1n) is 5.31. The van der Waals surface area contributed by atoms with Gasteiger partial charge in [0.05, 0.1) is 6.61 Å². The number of aliphatic hydroxyl groups is 1. The van der Waals surface area contributed by atoms with Crippen LogP contribution in [0.3, 0.4) is 0 Å². The molecule has 1 atom stereocenters. The van der Waals surface area contributed by atoms with Crippen molar-refractivity contribution in [2.75, 3.05) is 12.3 Å². The molecule has 3 N–H and O–H groups in total. The molecule has 0 spiro atoms. The fraction of sp³-hybridized carbons (Fsp3) is 0.455. The highest BCUT2D eigenvalue weighted by molar-refractivity contribution is 5.47. The standard InChI is InChI=1S/C11H11F6NO2/c12-10(13,14)9(11(15,16)17)20-5-8(19)6-3-1-2-4-7(6)18/h1-4,8-9,19H,5,18H2. The normalized spacial score (nSPS) is 14.6. The first kappa shape index (κ1) is 16.6. The van der Waals surface area contributed by atoms with E-state index in [1.807, 2.05) is 0 Å². The number of nitrogen functional groups attached to an aromatic ring is 1. The van der Waals surface area contributed by atoms with E-state index in [9.17, 15) is 31.4 Å². The van der Waals surface area contributed by atoms with E-state index in [-0.39, 0.29) is 11.3 Å². The second-order valence-corrected chi connectivity index (χ2v) is 3.94. The van der Waals surface area contributed by atoms with Crippen molar-refractivity contribution in [3.8, 4) is 0 Å². The minimum atomic E-state index is -5.61. The number of rotatable bonds is 4. The Kier molecular flexibility index (Phi) is 4.87. The summed E-state index contributed by atoms with van der Waals surface area (Å²) in [5.41, 5.74) is 5.48. The van der Waals surface area contributed by atoms with E-state index in [0.717, 1.165) is 0 Å². The van der Waals surface area contributed by atoms with Crippen molar-refractivity contribution in [1.82, 2.24) is 0 Å². The van der Waals surface area contributed by atoms with Crippen LogP contribution in [0.2, 0.25) is 0 Å². The monoisotopic (exact) mass is 303 g/mol. The summed E-state index contributed by atoms with van der Waals surface area (Å²) < 4.78 is 77.0. The molecule has 0 bridgehead atoms. The van der Waals surface area contributed by atoms with Gasteiger partial charge in [-0.05, 0) is 6.07 Å². The zero-order valence-corrected chi connectivity index (χ0v) is 9.87. The zero-order chi connectivity index (χ0) is 15.6. The third-order valence-electron chi connectivity index (χ3n) is 2.37. The number of alkyl halides is 6. The van der Waals surface area contributed by atoms with Gasteiger partial charge in [0.2, 0.25) is 6.10 Å². The maximum atomic E-state index is 12.2. The van der Waals surface area contributed by atoms with Gasteiger partial charge in [0.1, 0.15) is 6.10 Å². The Morgan fingerprint density at radius 2 is 1.55 bits per heavy atom. The molecule has 20 heavy (non-hydrogen) atoms. The number of hydrogen-bond acceptors (Lipinski definition) is 3. The number of halogens is 6. The van der Waals surface area contributed by atoms with Crippen LogP contribution >= 0.6 is 0 Å². The molecule has 0 aromatic heterocycles. The molecule has 1 aromatic carbocycles. The van der Waals surface area contributed by atoms with Gasteiger partial charge in [0.25, 0.3) is 0 Å². The summed E-state index contributed by atoms with van der Waals surface area (Å²) in [5, 5.41) is 9.54. The molecule has 0 saturated carbocycles. The Balaban J connectivity index is 2.76. The number of hydrogen-bond donors (Lipinski definition) is 2. The molecule has 9 heteroatoms. The van der Waals surface area contributed by atoms with Crippen LogP contribution in [0, 0.1) is 0 Å². The number of anilines is 1. The predicted octanol–water partition coefficient (Wildman–Crippen LogP) is 2.81. The molecule has 1 unspecified atom stereocenters. The summed E-state index contributed by atoms with van der Waals surface area (Å²) in [6.45, 7) is -1.18. The van der Waals surface area contributed by atoms with Crippen LogP contribution < -0.4 is 5.73 Å². The van der Waals surface area contributed by atoms with Gasteiger partial charge in [-0.25, -0.2) is 0 Å². The summed E-state index contributed by atoms with van der Waals surface area (Å²) in [6.07, 6.45) is -16.9. The highest BCUT2D eigenvalue weighted by atomic mass is 19.4. The van der Waals surface area contributed by atoms with E-state index in [4.69, 9.17) is 5.73 Å². The molecule has 0 fully saturated rings. The van der Waals surface area contributed by atoms with Gasteiger partial charge in [-0.3, -0.25) is 0 Å². The van der Waals surface area contributed by atoms with Crippen LogP contribution in [0.4, 0.5) is 32.0 Å². The molecule has 1 aromatic rings. The van der Waals surface area contributed by atoms with E-state index < -0.39 is 31.2 Å². The van der Waals surface area contributed by atoms with Gasteiger partial charge in [0.15, 0.2) is 0 Å². The summed E-state index contributed by atoms with van der Waals surface area (Å²) in [5.74, 6) is 0. The van der Waals surface area contributed by atoms with E-state index >= 15 is 0 Å². The number of para-hydroxylation sites is 1. The minimum Gasteiger partial charge on any atom is -0.398 e. The molecule has 0 amide bonds. The van der Waals surface area contributed by atoms with Gasteiger partial charge in [-0.15, -0.1) is 0 Å². The van der Waals surface area contributed by atoms with Crippen LogP contribution in [0.15, 0.2) is 24.3 Å². The first-order valence-corrected chi connectivity index (χ1v) is 5.31. The molecular formula is C11H11F6NO2. The first-order chi connectivity index (χ1) is 9.03. The van der Waals surface area contributed by atoms with Crippen molar-refractivity contribution in [1.29, 1.82) is 0 Å². The number of benzene rings is 1. The third kappa shape index (κ3) is 4.27. The smallest absolute Gasteiger partial charge is 0.398 e. The van der Waals surface area contributed by atoms with Crippen molar-refractivity contribution in [3.63, 3.8) is 0 Å². The lowest BCUT2D eigenvalue weighted by Crippen LogP contribution is -2.45. The average Bonchev–Trinajstić information content (AvgIpc) is 2.25. The fourth-order valence-corrected chi connectivity index (χ4v) is 1.47. The lowest BCUT2D eigenvalue weighted by Gasteiger charge is -2.24. The number of aliphatic hydroxyl groups excluding tert-OH is 1. The van der Waals surface area contributed by atoms with Crippen LogP contribution in [-0.4, -0.2) is 30.2 Å². The number of nitrogens with two attached hydrogens (primary N) is 1. The maximum Gasteiger partial charge on any atom is 0.423 e. The molecule has 0 heterocycles. The highest BCUT2D eigenvalue weighted by Crippen LogP contribution is 2.36. The molecule has 114 valence electrons. The van der Waals surface area contributed by atoms with Crippen molar-refractivity contribution < 1.29 is 36.2 Å². The minimum absolute atomic E-state index is 0.00408. The van der Waals surface area contributed by atoms with Crippen LogP contribution in [0.1, 0.15) is 11.7 Å². The number of ether oxygens (including phenoxy) is 1.